The summed E-state index contributed by atoms with van der Waals surface area (Å²) in [6.07, 6.45) is 3.44. The van der Waals surface area contributed by atoms with Gasteiger partial charge in [-0.3, -0.25) is 14.9 Å². The molecule has 3 aromatic rings. The fourth-order valence-corrected chi connectivity index (χ4v) is 3.98. The molecule has 194 valence electrons. The first-order chi connectivity index (χ1) is 17.1. The van der Waals surface area contributed by atoms with Gasteiger partial charge in [0.1, 0.15) is 6.61 Å². The minimum atomic E-state index is -4.43. The van der Waals surface area contributed by atoms with Crippen LogP contribution in [-0.2, 0) is 11.3 Å². The molecule has 0 unspecified atom stereocenters. The molecule has 2 heterocycles. The van der Waals surface area contributed by atoms with E-state index in [1.807, 2.05) is 13.8 Å². The highest BCUT2D eigenvalue weighted by Gasteiger charge is 2.29. The molecule has 0 fully saturated rings. The van der Waals surface area contributed by atoms with E-state index in [1.165, 1.54) is 47.4 Å². The average Bonchev–Trinajstić information content (AvgIpc) is 3.10. The zero-order valence-corrected chi connectivity index (χ0v) is 20.5. The summed E-state index contributed by atoms with van der Waals surface area (Å²) in [4.78, 5) is 31.2. The van der Waals surface area contributed by atoms with Gasteiger partial charge >= 0.3 is 17.3 Å². The van der Waals surface area contributed by atoms with Crippen molar-refractivity contribution in [1.29, 1.82) is 0 Å². The zero-order chi connectivity index (χ0) is 26.3. The summed E-state index contributed by atoms with van der Waals surface area (Å²) in [5, 5.41) is 13.0. The number of likely N-dealkylation sites (N-methyl/N-ethyl adjacent to an activating group) is 1. The van der Waals surface area contributed by atoms with Crippen LogP contribution in [-0.4, -0.2) is 62.0 Å². The normalized spacial score (nSPS) is 11.6. The lowest BCUT2D eigenvalue weighted by molar-refractivity contribution is -0.0328. The molecule has 0 saturated carbocycles. The Balaban J connectivity index is 1.73. The second kappa shape index (κ2) is 12.0. The Morgan fingerprint density at radius 2 is 1.89 bits per heavy atom. The van der Waals surface area contributed by atoms with Gasteiger partial charge in [0, 0.05) is 17.6 Å². The molecule has 1 aromatic carbocycles. The van der Waals surface area contributed by atoms with E-state index in [2.05, 4.69) is 15.2 Å². The molecule has 0 spiro atoms. The largest absolute Gasteiger partial charge is 0.493 e. The number of rotatable bonds is 10. The Morgan fingerprint density at radius 3 is 2.53 bits per heavy atom. The summed E-state index contributed by atoms with van der Waals surface area (Å²) in [6.45, 7) is 6.50. The first kappa shape index (κ1) is 27.1. The standard InChI is InChI=1S/C23H26F3N5O4S/c1-3-29(4-2)11-12-35-21(33)28-19-13-27-10-9-16(19)14-30-15-20(32)31(22(30)34)17-5-7-18(8-6-17)36-23(24,25)26/h5-10,13,15,32H,3-4,11-12,14H2,1-2H3,(H,28,33). The number of hydrogen-bond donors (Lipinski definition) is 2. The van der Waals surface area contributed by atoms with Crippen LogP contribution in [0.3, 0.4) is 0 Å². The lowest BCUT2D eigenvalue weighted by Gasteiger charge is -2.17. The van der Waals surface area contributed by atoms with Crippen LogP contribution in [0.1, 0.15) is 19.4 Å². The van der Waals surface area contributed by atoms with E-state index >= 15 is 0 Å². The minimum absolute atomic E-state index is 0.0149. The van der Waals surface area contributed by atoms with Crippen molar-refractivity contribution in [1.82, 2.24) is 19.0 Å². The summed E-state index contributed by atoms with van der Waals surface area (Å²) >= 11 is -0.273. The molecule has 0 saturated heterocycles. The van der Waals surface area contributed by atoms with E-state index in [0.29, 0.717) is 17.8 Å². The van der Waals surface area contributed by atoms with Crippen LogP contribution in [0, 0.1) is 0 Å². The number of ether oxygens (including phenoxy) is 1. The maximum absolute atomic E-state index is 13.0. The number of aromatic hydroxyl groups is 1. The number of aromatic nitrogens is 3. The van der Waals surface area contributed by atoms with Crippen molar-refractivity contribution in [2.45, 2.75) is 30.8 Å². The number of alkyl halides is 3. The number of thioether (sulfide) groups is 1. The number of anilines is 1. The van der Waals surface area contributed by atoms with Gasteiger partial charge in [-0.15, -0.1) is 0 Å². The number of nitrogens with zero attached hydrogens (tertiary/aromatic N) is 4. The predicted octanol–water partition coefficient (Wildman–Crippen LogP) is 4.29. The van der Waals surface area contributed by atoms with Crippen LogP contribution >= 0.6 is 11.8 Å². The van der Waals surface area contributed by atoms with Crippen molar-refractivity contribution in [2.24, 2.45) is 0 Å². The van der Waals surface area contributed by atoms with Crippen LogP contribution in [0.4, 0.5) is 23.7 Å². The number of amides is 1. The van der Waals surface area contributed by atoms with E-state index in [1.54, 1.807) is 6.07 Å². The van der Waals surface area contributed by atoms with Crippen molar-refractivity contribution in [3.05, 3.63) is 65.0 Å². The van der Waals surface area contributed by atoms with Crippen LogP contribution in [0.25, 0.3) is 5.69 Å². The van der Waals surface area contributed by atoms with Gasteiger partial charge in [0.05, 0.1) is 30.3 Å². The molecule has 0 atom stereocenters. The van der Waals surface area contributed by atoms with Crippen LogP contribution in [0.5, 0.6) is 5.88 Å². The summed E-state index contributed by atoms with van der Waals surface area (Å²) in [6, 6.07) is 6.66. The number of pyridine rings is 1. The van der Waals surface area contributed by atoms with Crippen LogP contribution in [0.15, 0.2) is 58.6 Å². The first-order valence-corrected chi connectivity index (χ1v) is 11.9. The molecule has 2 N–H and O–H groups in total. The smallest absolute Gasteiger partial charge is 0.446 e. The molecule has 9 nitrogen and oxygen atoms in total. The van der Waals surface area contributed by atoms with E-state index < -0.39 is 23.2 Å². The Kier molecular flexibility index (Phi) is 9.04. The number of hydrogen-bond acceptors (Lipinski definition) is 7. The third-order valence-electron chi connectivity index (χ3n) is 5.29. The van der Waals surface area contributed by atoms with Gasteiger partial charge < -0.3 is 14.7 Å². The molecule has 3 rings (SSSR count). The minimum Gasteiger partial charge on any atom is -0.493 e. The Hall–Kier alpha value is -3.45. The summed E-state index contributed by atoms with van der Waals surface area (Å²) in [5.41, 5.74) is -3.99. The number of imidazole rings is 1. The van der Waals surface area contributed by atoms with E-state index in [-0.39, 0.29) is 35.5 Å². The SMILES string of the molecule is CCN(CC)CCOC(=O)Nc1cnccc1Cn1cc(O)n(-c2ccc(SC(F)(F)F)cc2)c1=O. The predicted molar refractivity (Wildman–Crippen MR) is 130 cm³/mol. The van der Waals surface area contributed by atoms with Gasteiger partial charge in [-0.1, -0.05) is 13.8 Å². The number of carbonyl (C=O) groups is 1. The van der Waals surface area contributed by atoms with Gasteiger partial charge in [-0.25, -0.2) is 14.2 Å². The molecule has 0 aliphatic rings. The number of benzene rings is 1. The molecule has 2 aromatic heterocycles. The Bertz CT molecular complexity index is 1220. The van der Waals surface area contributed by atoms with Crippen LogP contribution < -0.4 is 11.0 Å². The second-order valence-electron chi connectivity index (χ2n) is 7.60. The zero-order valence-electron chi connectivity index (χ0n) is 19.7. The lowest BCUT2D eigenvalue weighted by Crippen LogP contribution is -2.29. The lowest BCUT2D eigenvalue weighted by atomic mass is 10.2. The van der Waals surface area contributed by atoms with Crippen molar-refractivity contribution in [3.8, 4) is 11.6 Å². The number of nitrogens with one attached hydrogen (secondary N) is 1. The third kappa shape index (κ3) is 7.28. The topological polar surface area (TPSA) is 102 Å². The second-order valence-corrected chi connectivity index (χ2v) is 8.73. The molecule has 0 aliphatic carbocycles. The van der Waals surface area contributed by atoms with Crippen molar-refractivity contribution < 1.29 is 27.8 Å². The summed E-state index contributed by atoms with van der Waals surface area (Å²) in [7, 11) is 0. The molecule has 0 bridgehead atoms. The van der Waals surface area contributed by atoms with E-state index in [4.69, 9.17) is 4.74 Å². The van der Waals surface area contributed by atoms with E-state index in [9.17, 15) is 27.9 Å². The number of carbonyl (C=O) groups excluding carboxylic acids is 1. The summed E-state index contributed by atoms with van der Waals surface area (Å²) < 4.78 is 45.1. The Labute approximate surface area is 209 Å². The fourth-order valence-electron chi connectivity index (χ4n) is 3.44. The van der Waals surface area contributed by atoms with Gasteiger partial charge in [0.2, 0.25) is 5.88 Å². The fraction of sp³-hybridized carbons (Fsp3) is 0.348. The van der Waals surface area contributed by atoms with Gasteiger partial charge in [-0.05, 0) is 60.7 Å². The first-order valence-electron chi connectivity index (χ1n) is 11.1. The molecule has 1 amide bonds. The molecule has 13 heteroatoms. The molecule has 0 radical (unpaired) electrons. The highest BCUT2D eigenvalue weighted by molar-refractivity contribution is 8.00. The molecule has 0 aliphatic heterocycles. The van der Waals surface area contributed by atoms with Crippen molar-refractivity contribution in [3.63, 3.8) is 0 Å². The maximum Gasteiger partial charge on any atom is 0.446 e. The van der Waals surface area contributed by atoms with Crippen molar-refractivity contribution in [2.75, 3.05) is 31.6 Å². The average molecular weight is 526 g/mol. The monoisotopic (exact) mass is 525 g/mol. The molecule has 36 heavy (non-hydrogen) atoms. The quantitative estimate of drug-likeness (QED) is 0.381. The highest BCUT2D eigenvalue weighted by atomic mass is 32.2. The van der Waals surface area contributed by atoms with Gasteiger partial charge in [0.25, 0.3) is 0 Å². The Morgan fingerprint density at radius 1 is 1.19 bits per heavy atom. The molecular weight excluding hydrogens is 499 g/mol. The van der Waals surface area contributed by atoms with Crippen LogP contribution in [0.2, 0.25) is 0 Å². The number of halogens is 3. The highest BCUT2D eigenvalue weighted by Crippen LogP contribution is 2.37. The third-order valence-corrected chi connectivity index (χ3v) is 6.03. The van der Waals surface area contributed by atoms with E-state index in [0.717, 1.165) is 17.7 Å². The van der Waals surface area contributed by atoms with Gasteiger partial charge in [-0.2, -0.15) is 13.2 Å². The van der Waals surface area contributed by atoms with Crippen molar-refractivity contribution >= 4 is 23.5 Å². The molecular formula is C23H26F3N5O4S. The summed E-state index contributed by atoms with van der Waals surface area (Å²) in [5.74, 6) is -0.393. The van der Waals surface area contributed by atoms with Gasteiger partial charge in [0.15, 0.2) is 0 Å². The maximum atomic E-state index is 13.0.